The van der Waals surface area contributed by atoms with Crippen molar-refractivity contribution in [3.8, 4) is 11.5 Å². The third-order valence-corrected chi connectivity index (χ3v) is 4.62. The number of benzene rings is 1. The molecule has 1 aromatic carbocycles. The molecule has 0 bridgehead atoms. The van der Waals surface area contributed by atoms with Gasteiger partial charge in [-0.25, -0.2) is 4.79 Å². The predicted molar refractivity (Wildman–Crippen MR) is 99.6 cm³/mol. The fraction of sp³-hybridized carbons (Fsp3) is 0.450. The Labute approximate surface area is 166 Å². The van der Waals surface area contributed by atoms with Crippen molar-refractivity contribution in [2.75, 3.05) is 0 Å². The average Bonchev–Trinajstić information content (AvgIpc) is 2.63. The van der Waals surface area contributed by atoms with Gasteiger partial charge in [-0.15, -0.1) is 0 Å². The van der Waals surface area contributed by atoms with E-state index in [4.69, 9.17) is 4.74 Å². The van der Waals surface area contributed by atoms with Gasteiger partial charge in [0.15, 0.2) is 0 Å². The van der Waals surface area contributed by atoms with Crippen LogP contribution in [0.1, 0.15) is 36.2 Å². The molecule has 2 rings (SSSR count). The standard InChI is InChI=1S/C20H24F2O7/c1-10-6-7-15(24)18(26)14(23)5-3-4-12-8-13(29-20(21)22)9-16(25)17(12)19(27)28-11(10)2/h3-4,6-11,14-15,18,20,23-26H,5H2,1-2H3/t10-,11+,14+,15?,18+/m1/s1. The maximum atomic E-state index is 12.6. The molecule has 4 N–H and O–H groups in total. The number of rotatable bonds is 2. The lowest BCUT2D eigenvalue weighted by Crippen LogP contribution is -2.36. The van der Waals surface area contributed by atoms with Crippen molar-refractivity contribution in [3.05, 3.63) is 41.5 Å². The minimum atomic E-state index is -3.13. The number of alkyl halides is 2. The summed E-state index contributed by atoms with van der Waals surface area (Å²) in [5, 5.41) is 40.3. The highest BCUT2D eigenvalue weighted by Crippen LogP contribution is 2.31. The minimum absolute atomic E-state index is 0.0281. The molecule has 0 aliphatic carbocycles. The van der Waals surface area contributed by atoms with Crippen molar-refractivity contribution in [3.63, 3.8) is 0 Å². The number of aliphatic hydroxyl groups excluding tert-OH is 3. The summed E-state index contributed by atoms with van der Waals surface area (Å²) < 4.78 is 34.7. The molecule has 0 saturated heterocycles. The average molecular weight is 414 g/mol. The molecule has 160 valence electrons. The number of carbonyl (C=O) groups is 1. The number of fused-ring (bicyclic) bond motifs is 1. The van der Waals surface area contributed by atoms with E-state index >= 15 is 0 Å². The molecule has 1 aliphatic rings. The second-order valence-electron chi connectivity index (χ2n) is 6.83. The van der Waals surface area contributed by atoms with Crippen LogP contribution in [0, 0.1) is 5.92 Å². The number of phenols is 1. The van der Waals surface area contributed by atoms with Crippen LogP contribution in [-0.4, -0.2) is 57.4 Å². The quantitative estimate of drug-likeness (QED) is 0.433. The zero-order chi connectivity index (χ0) is 21.7. The summed E-state index contributed by atoms with van der Waals surface area (Å²) in [7, 11) is 0. The predicted octanol–water partition coefficient (Wildman–Crippen LogP) is 2.23. The largest absolute Gasteiger partial charge is 0.507 e. The first-order valence-corrected chi connectivity index (χ1v) is 9.02. The van der Waals surface area contributed by atoms with Crippen molar-refractivity contribution in [1.29, 1.82) is 0 Å². The number of phenolic OH excluding ortho intramolecular Hbond substituents is 1. The summed E-state index contributed by atoms with van der Waals surface area (Å²) in [4.78, 5) is 12.6. The third-order valence-electron chi connectivity index (χ3n) is 4.62. The lowest BCUT2D eigenvalue weighted by atomic mass is 9.99. The molecule has 0 amide bonds. The summed E-state index contributed by atoms with van der Waals surface area (Å²) >= 11 is 0. The van der Waals surface area contributed by atoms with Crippen LogP contribution < -0.4 is 4.74 Å². The first-order valence-electron chi connectivity index (χ1n) is 9.02. The molecule has 0 saturated carbocycles. The van der Waals surface area contributed by atoms with Gasteiger partial charge in [-0.2, -0.15) is 8.78 Å². The van der Waals surface area contributed by atoms with Gasteiger partial charge in [-0.1, -0.05) is 31.2 Å². The van der Waals surface area contributed by atoms with Crippen LogP contribution in [-0.2, 0) is 4.74 Å². The fourth-order valence-corrected chi connectivity index (χ4v) is 2.74. The number of ether oxygens (including phenoxy) is 2. The highest BCUT2D eigenvalue weighted by Gasteiger charge is 2.25. The van der Waals surface area contributed by atoms with Crippen LogP contribution in [0.25, 0.3) is 6.08 Å². The van der Waals surface area contributed by atoms with E-state index in [1.807, 2.05) is 0 Å². The number of cyclic esters (lactones) is 1. The molecular weight excluding hydrogens is 390 g/mol. The number of hydrogen-bond donors (Lipinski definition) is 4. The van der Waals surface area contributed by atoms with Crippen molar-refractivity contribution < 1.29 is 43.5 Å². The van der Waals surface area contributed by atoms with Gasteiger partial charge in [0.2, 0.25) is 0 Å². The van der Waals surface area contributed by atoms with E-state index < -0.39 is 42.7 Å². The summed E-state index contributed by atoms with van der Waals surface area (Å²) in [6.07, 6.45) is 0.562. The molecule has 0 spiro atoms. The van der Waals surface area contributed by atoms with Gasteiger partial charge >= 0.3 is 12.6 Å². The molecular formula is C20H24F2O7. The number of carbonyl (C=O) groups excluding carboxylic acids is 1. The Morgan fingerprint density at radius 3 is 2.52 bits per heavy atom. The van der Waals surface area contributed by atoms with Gasteiger partial charge in [-0.05, 0) is 25.0 Å². The smallest absolute Gasteiger partial charge is 0.387 e. The molecule has 1 unspecified atom stereocenters. The van der Waals surface area contributed by atoms with Crippen LogP contribution in [0.2, 0.25) is 0 Å². The van der Waals surface area contributed by atoms with Crippen LogP contribution in [0.15, 0.2) is 30.4 Å². The second kappa shape index (κ2) is 9.82. The Morgan fingerprint density at radius 1 is 1.17 bits per heavy atom. The highest BCUT2D eigenvalue weighted by atomic mass is 19.3. The molecule has 1 heterocycles. The lowest BCUT2D eigenvalue weighted by molar-refractivity contribution is -0.0499. The number of halogens is 2. The first-order chi connectivity index (χ1) is 13.6. The van der Waals surface area contributed by atoms with Crippen molar-refractivity contribution in [2.45, 2.75) is 51.3 Å². The summed E-state index contributed by atoms with van der Waals surface area (Å²) in [5.74, 6) is -2.22. The van der Waals surface area contributed by atoms with E-state index in [9.17, 15) is 34.0 Å². The SMILES string of the molecule is C[C@@H]1C=CC(O)[C@@H](O)[C@@H](O)CC=Cc2cc(OC(F)F)cc(O)c2C(=O)O[C@H]1C. The molecule has 5 atom stereocenters. The van der Waals surface area contributed by atoms with E-state index in [0.717, 1.165) is 12.1 Å². The molecule has 29 heavy (non-hydrogen) atoms. The normalized spacial score (nSPS) is 28.6. The number of aliphatic hydroxyl groups is 3. The molecule has 0 radical (unpaired) electrons. The van der Waals surface area contributed by atoms with Crippen molar-refractivity contribution in [2.24, 2.45) is 5.92 Å². The third kappa shape index (κ3) is 5.99. The van der Waals surface area contributed by atoms with E-state index in [1.165, 1.54) is 24.3 Å². The maximum absolute atomic E-state index is 12.6. The topological polar surface area (TPSA) is 116 Å². The molecule has 9 heteroatoms. The lowest BCUT2D eigenvalue weighted by Gasteiger charge is -2.22. The van der Waals surface area contributed by atoms with Gasteiger partial charge in [0.1, 0.15) is 35.4 Å². The summed E-state index contributed by atoms with van der Waals surface area (Å²) in [6.45, 7) is 0.167. The Hall–Kier alpha value is -2.49. The number of hydrogen-bond acceptors (Lipinski definition) is 7. The van der Waals surface area contributed by atoms with Crippen LogP contribution in [0.3, 0.4) is 0 Å². The van der Waals surface area contributed by atoms with Crippen molar-refractivity contribution in [1.82, 2.24) is 0 Å². The van der Waals surface area contributed by atoms with Crippen LogP contribution in [0.4, 0.5) is 8.78 Å². The minimum Gasteiger partial charge on any atom is -0.507 e. The van der Waals surface area contributed by atoms with Gasteiger partial charge in [-0.3, -0.25) is 0 Å². The van der Waals surface area contributed by atoms with Crippen LogP contribution >= 0.6 is 0 Å². The van der Waals surface area contributed by atoms with Gasteiger partial charge in [0.25, 0.3) is 0 Å². The highest BCUT2D eigenvalue weighted by molar-refractivity contribution is 5.97. The van der Waals surface area contributed by atoms with E-state index in [1.54, 1.807) is 13.8 Å². The van der Waals surface area contributed by atoms with E-state index in [2.05, 4.69) is 4.74 Å². The van der Waals surface area contributed by atoms with E-state index in [0.29, 0.717) is 0 Å². The molecule has 7 nitrogen and oxygen atoms in total. The zero-order valence-electron chi connectivity index (χ0n) is 15.9. The Kier molecular flexibility index (Phi) is 7.72. The molecule has 0 aromatic heterocycles. The number of aromatic hydroxyl groups is 1. The Morgan fingerprint density at radius 2 is 1.86 bits per heavy atom. The van der Waals surface area contributed by atoms with Gasteiger partial charge < -0.3 is 29.9 Å². The fourth-order valence-electron chi connectivity index (χ4n) is 2.74. The molecule has 1 aliphatic heterocycles. The first kappa shape index (κ1) is 22.8. The Balaban J connectivity index is 2.49. The summed E-state index contributed by atoms with van der Waals surface area (Å²) in [5.41, 5.74) is -0.224. The Bertz CT molecular complexity index is 778. The number of esters is 1. The zero-order valence-corrected chi connectivity index (χ0v) is 15.9. The monoisotopic (exact) mass is 414 g/mol. The van der Waals surface area contributed by atoms with Gasteiger partial charge in [0, 0.05) is 12.0 Å². The van der Waals surface area contributed by atoms with Crippen LogP contribution in [0.5, 0.6) is 11.5 Å². The van der Waals surface area contributed by atoms with Gasteiger partial charge in [0.05, 0.1) is 6.10 Å². The van der Waals surface area contributed by atoms with Crippen molar-refractivity contribution >= 4 is 12.0 Å². The molecule has 0 fully saturated rings. The molecule has 1 aromatic rings. The van der Waals surface area contributed by atoms with E-state index in [-0.39, 0.29) is 29.2 Å². The summed E-state index contributed by atoms with van der Waals surface area (Å²) in [6, 6.07) is 2.00. The maximum Gasteiger partial charge on any atom is 0.387 e. The second-order valence-corrected chi connectivity index (χ2v) is 6.83.